The molecule has 1 atom stereocenters. The summed E-state index contributed by atoms with van der Waals surface area (Å²) >= 11 is 0. The predicted molar refractivity (Wildman–Crippen MR) is 99.7 cm³/mol. The lowest BCUT2D eigenvalue weighted by molar-refractivity contribution is -0.137. The van der Waals surface area contributed by atoms with Crippen LogP contribution in [0.5, 0.6) is 0 Å². The lowest BCUT2D eigenvalue weighted by atomic mass is 10.0. The number of oxime groups is 1. The van der Waals surface area contributed by atoms with Crippen LogP contribution < -0.4 is 5.32 Å². The molecule has 0 bridgehead atoms. The summed E-state index contributed by atoms with van der Waals surface area (Å²) in [6.07, 6.45) is -2.21. The summed E-state index contributed by atoms with van der Waals surface area (Å²) in [7, 11) is 0. The van der Waals surface area contributed by atoms with Gasteiger partial charge in [-0.1, -0.05) is 35.5 Å². The Morgan fingerprint density at radius 1 is 1.14 bits per heavy atom. The normalized spacial score (nSPS) is 16.2. The van der Waals surface area contributed by atoms with E-state index < -0.39 is 23.8 Å². The average molecular weight is 400 g/mol. The molecule has 2 aromatic carbocycles. The van der Waals surface area contributed by atoms with E-state index in [9.17, 15) is 18.0 Å². The number of alkyl halides is 3. The van der Waals surface area contributed by atoms with Crippen LogP contribution in [0.1, 0.15) is 17.5 Å². The number of halogens is 3. The first-order chi connectivity index (χ1) is 13.9. The Bertz CT molecular complexity index is 1050. The molecule has 0 spiro atoms. The third kappa shape index (κ3) is 3.98. The van der Waals surface area contributed by atoms with Crippen molar-refractivity contribution in [1.82, 2.24) is 9.78 Å². The molecule has 1 N–H and O–H groups in total. The molecule has 4 rings (SSSR count). The Kier molecular flexibility index (Phi) is 4.79. The zero-order chi connectivity index (χ0) is 20.4. The predicted octanol–water partition coefficient (Wildman–Crippen LogP) is 4.02. The van der Waals surface area contributed by atoms with Gasteiger partial charge in [0.05, 0.1) is 22.6 Å². The Morgan fingerprint density at radius 3 is 2.62 bits per heavy atom. The minimum atomic E-state index is -4.55. The summed E-state index contributed by atoms with van der Waals surface area (Å²) in [5, 5.41) is 10.5. The van der Waals surface area contributed by atoms with E-state index in [-0.39, 0.29) is 12.1 Å². The number of nitrogens with zero attached hydrogens (tertiary/aromatic N) is 3. The van der Waals surface area contributed by atoms with E-state index in [4.69, 9.17) is 4.84 Å². The van der Waals surface area contributed by atoms with Gasteiger partial charge < -0.3 is 10.2 Å². The van der Waals surface area contributed by atoms with Crippen molar-refractivity contribution in [2.45, 2.75) is 18.7 Å². The van der Waals surface area contributed by atoms with Gasteiger partial charge in [-0.25, -0.2) is 4.68 Å². The lowest BCUT2D eigenvalue weighted by Crippen LogP contribution is -2.28. The Balaban J connectivity index is 1.56. The summed E-state index contributed by atoms with van der Waals surface area (Å²) < 4.78 is 40.8. The third-order valence-electron chi connectivity index (χ3n) is 4.40. The average Bonchev–Trinajstić information content (AvgIpc) is 3.40. The molecule has 0 aliphatic carbocycles. The van der Waals surface area contributed by atoms with Crippen molar-refractivity contribution in [2.75, 3.05) is 5.32 Å². The number of hydrogen-bond acceptors (Lipinski definition) is 4. The third-order valence-corrected chi connectivity index (χ3v) is 4.40. The van der Waals surface area contributed by atoms with Crippen molar-refractivity contribution >= 4 is 17.3 Å². The second kappa shape index (κ2) is 7.42. The minimum absolute atomic E-state index is 0.0229. The number of benzene rings is 2. The Labute approximate surface area is 163 Å². The van der Waals surface area contributed by atoms with Gasteiger partial charge >= 0.3 is 6.18 Å². The highest BCUT2D eigenvalue weighted by atomic mass is 19.4. The highest BCUT2D eigenvalue weighted by Gasteiger charge is 2.33. The quantitative estimate of drug-likeness (QED) is 0.719. The number of carbonyl (C=O) groups is 1. The SMILES string of the molecule is O=C(Nc1cc(C(F)(F)F)ccc1-n1cccn1)C1CC(c2ccccc2)=NO1. The monoisotopic (exact) mass is 400 g/mol. The fourth-order valence-corrected chi connectivity index (χ4v) is 2.96. The second-order valence-corrected chi connectivity index (χ2v) is 6.37. The summed E-state index contributed by atoms with van der Waals surface area (Å²) in [6.45, 7) is 0. The van der Waals surface area contributed by atoms with Crippen molar-refractivity contribution in [3.63, 3.8) is 0 Å². The summed E-state index contributed by atoms with van der Waals surface area (Å²) in [6, 6.07) is 13.9. The van der Waals surface area contributed by atoms with Crippen molar-refractivity contribution in [1.29, 1.82) is 0 Å². The van der Waals surface area contributed by atoms with Crippen molar-refractivity contribution in [2.24, 2.45) is 5.16 Å². The van der Waals surface area contributed by atoms with Gasteiger partial charge in [-0.15, -0.1) is 0 Å². The smallest absolute Gasteiger partial charge is 0.382 e. The summed E-state index contributed by atoms with van der Waals surface area (Å²) in [5.74, 6) is -0.590. The van der Waals surface area contributed by atoms with Gasteiger partial charge in [0.2, 0.25) is 6.10 Å². The molecule has 2 heterocycles. The van der Waals surface area contributed by atoms with E-state index >= 15 is 0 Å². The molecule has 1 amide bonds. The molecule has 3 aromatic rings. The first-order valence-electron chi connectivity index (χ1n) is 8.72. The fourth-order valence-electron chi connectivity index (χ4n) is 2.96. The Hall–Kier alpha value is -3.62. The molecule has 0 fully saturated rings. The molecule has 6 nitrogen and oxygen atoms in total. The maximum atomic E-state index is 13.1. The molecule has 1 unspecified atom stereocenters. The molecule has 0 saturated carbocycles. The largest absolute Gasteiger partial charge is 0.416 e. The molecular weight excluding hydrogens is 385 g/mol. The van der Waals surface area contributed by atoms with Crippen LogP contribution >= 0.6 is 0 Å². The van der Waals surface area contributed by atoms with Crippen LogP contribution in [0.3, 0.4) is 0 Å². The van der Waals surface area contributed by atoms with Crippen LogP contribution in [-0.4, -0.2) is 27.5 Å². The molecular formula is C20H15F3N4O2. The highest BCUT2D eigenvalue weighted by Crippen LogP contribution is 2.33. The van der Waals surface area contributed by atoms with E-state index in [1.807, 2.05) is 30.3 Å². The fraction of sp³-hybridized carbons (Fsp3) is 0.150. The van der Waals surface area contributed by atoms with Crippen molar-refractivity contribution < 1.29 is 22.8 Å². The zero-order valence-corrected chi connectivity index (χ0v) is 14.9. The van der Waals surface area contributed by atoms with Crippen LogP contribution in [0.15, 0.2) is 72.1 Å². The number of anilines is 1. The second-order valence-electron chi connectivity index (χ2n) is 6.37. The van der Waals surface area contributed by atoms with E-state index in [0.29, 0.717) is 11.4 Å². The number of rotatable bonds is 4. The Morgan fingerprint density at radius 2 is 1.93 bits per heavy atom. The van der Waals surface area contributed by atoms with Gasteiger partial charge in [0.25, 0.3) is 5.91 Å². The molecule has 9 heteroatoms. The van der Waals surface area contributed by atoms with Gasteiger partial charge in [-0.2, -0.15) is 18.3 Å². The minimum Gasteiger partial charge on any atom is -0.382 e. The number of aromatic nitrogens is 2. The van der Waals surface area contributed by atoms with E-state index in [1.54, 1.807) is 12.3 Å². The summed E-state index contributed by atoms with van der Waals surface area (Å²) in [4.78, 5) is 17.9. The van der Waals surface area contributed by atoms with Gasteiger partial charge in [0.1, 0.15) is 0 Å². The number of carbonyl (C=O) groups excluding carboxylic acids is 1. The highest BCUT2D eigenvalue weighted by molar-refractivity contribution is 6.06. The topological polar surface area (TPSA) is 68.5 Å². The number of nitrogens with one attached hydrogen (secondary N) is 1. The van der Waals surface area contributed by atoms with Crippen molar-refractivity contribution in [3.8, 4) is 5.69 Å². The van der Waals surface area contributed by atoms with E-state index in [1.165, 1.54) is 16.9 Å². The van der Waals surface area contributed by atoms with Gasteiger partial charge in [0.15, 0.2) is 0 Å². The molecule has 29 heavy (non-hydrogen) atoms. The lowest BCUT2D eigenvalue weighted by Gasteiger charge is -2.16. The van der Waals surface area contributed by atoms with E-state index in [0.717, 1.165) is 17.7 Å². The van der Waals surface area contributed by atoms with Crippen LogP contribution in [0.2, 0.25) is 0 Å². The van der Waals surface area contributed by atoms with E-state index in [2.05, 4.69) is 15.6 Å². The van der Waals surface area contributed by atoms with Gasteiger partial charge in [-0.05, 0) is 29.8 Å². The van der Waals surface area contributed by atoms with Crippen LogP contribution in [-0.2, 0) is 15.8 Å². The van der Waals surface area contributed by atoms with Gasteiger partial charge in [-0.3, -0.25) is 4.79 Å². The molecule has 148 valence electrons. The van der Waals surface area contributed by atoms with Crippen LogP contribution in [0.25, 0.3) is 5.69 Å². The first-order valence-corrected chi connectivity index (χ1v) is 8.72. The number of hydrogen-bond donors (Lipinski definition) is 1. The van der Waals surface area contributed by atoms with Crippen LogP contribution in [0, 0.1) is 0 Å². The zero-order valence-electron chi connectivity index (χ0n) is 14.9. The molecule has 0 radical (unpaired) electrons. The first kappa shape index (κ1) is 18.7. The molecule has 1 aliphatic heterocycles. The van der Waals surface area contributed by atoms with Crippen molar-refractivity contribution in [3.05, 3.63) is 78.1 Å². The molecule has 1 aromatic heterocycles. The molecule has 1 aliphatic rings. The van der Waals surface area contributed by atoms with Crippen LogP contribution in [0.4, 0.5) is 18.9 Å². The standard InChI is InChI=1S/C20H15F3N4O2/c21-20(22,23)14-7-8-17(27-10-4-9-24-27)16(11-14)25-19(28)18-12-15(26-29-18)13-5-2-1-3-6-13/h1-11,18H,12H2,(H,25,28). The maximum Gasteiger partial charge on any atom is 0.416 e. The molecule has 0 saturated heterocycles. The van der Waals surface area contributed by atoms with Gasteiger partial charge in [0, 0.05) is 18.8 Å². The number of amides is 1. The summed E-state index contributed by atoms with van der Waals surface area (Å²) in [5.41, 5.74) is 0.822. The maximum absolute atomic E-state index is 13.1.